The molecule has 0 atom stereocenters. The van der Waals surface area contributed by atoms with Crippen LogP contribution in [0.5, 0.6) is 0 Å². The molecule has 0 amide bonds. The Kier molecular flexibility index (Phi) is 3.89. The van der Waals surface area contributed by atoms with E-state index in [1.807, 2.05) is 31.5 Å². The molecule has 0 aliphatic carbocycles. The van der Waals surface area contributed by atoms with Crippen LogP contribution in [0.4, 0.5) is 10.9 Å². The third kappa shape index (κ3) is 2.96. The number of anilines is 2. The van der Waals surface area contributed by atoms with Crippen LogP contribution in [0.15, 0.2) is 30.7 Å². The van der Waals surface area contributed by atoms with Crippen molar-refractivity contribution in [3.8, 4) is 5.82 Å². The second-order valence-corrected chi connectivity index (χ2v) is 7.02. The minimum absolute atomic E-state index is 0.760. The molecule has 3 aromatic heterocycles. The Balaban J connectivity index is 1.51. The molecule has 1 fully saturated rings. The lowest BCUT2D eigenvalue weighted by molar-refractivity contribution is 0.643. The highest BCUT2D eigenvalue weighted by Gasteiger charge is 2.21. The number of aromatic nitrogens is 5. The Morgan fingerprint density at radius 2 is 1.75 bits per heavy atom. The summed E-state index contributed by atoms with van der Waals surface area (Å²) in [6.45, 7) is 7.77. The van der Waals surface area contributed by atoms with Gasteiger partial charge in [0.2, 0.25) is 0 Å². The average Bonchev–Trinajstić information content (AvgIpc) is 3.26. The smallest absolute Gasteiger partial charge is 0.185 e. The Bertz CT molecular complexity index is 819. The third-order valence-electron chi connectivity index (χ3n) is 4.03. The molecule has 7 nitrogen and oxygen atoms in total. The molecule has 1 aliphatic heterocycles. The largest absolute Gasteiger partial charge is 0.353 e. The molecule has 3 aromatic rings. The minimum Gasteiger partial charge on any atom is -0.353 e. The van der Waals surface area contributed by atoms with Crippen LogP contribution in [0.25, 0.3) is 5.82 Å². The first kappa shape index (κ1) is 15.1. The normalized spacial score (nSPS) is 15.1. The Morgan fingerprint density at radius 1 is 1.00 bits per heavy atom. The SMILES string of the molecule is Cc1nc(N2CCN(c3ncc(C)s3)CC2)cc(-n2cccn2)n1. The first-order valence-corrected chi connectivity index (χ1v) is 8.79. The molecule has 0 spiro atoms. The Hall–Kier alpha value is -2.48. The third-order valence-corrected chi connectivity index (χ3v) is 5.01. The van der Waals surface area contributed by atoms with E-state index in [1.54, 1.807) is 22.2 Å². The van der Waals surface area contributed by atoms with Crippen LogP contribution in [-0.2, 0) is 0 Å². The number of hydrogen-bond donors (Lipinski definition) is 0. The molecule has 0 N–H and O–H groups in total. The van der Waals surface area contributed by atoms with Gasteiger partial charge in [-0.15, -0.1) is 11.3 Å². The number of aryl methyl sites for hydroxylation is 2. The topological polar surface area (TPSA) is 63.0 Å². The van der Waals surface area contributed by atoms with E-state index in [9.17, 15) is 0 Å². The second kappa shape index (κ2) is 6.20. The molecule has 0 bridgehead atoms. The zero-order valence-electron chi connectivity index (χ0n) is 13.8. The van der Waals surface area contributed by atoms with Gasteiger partial charge in [-0.05, 0) is 19.9 Å². The van der Waals surface area contributed by atoms with Crippen molar-refractivity contribution in [2.24, 2.45) is 0 Å². The molecule has 0 aromatic carbocycles. The number of hydrogen-bond acceptors (Lipinski definition) is 7. The summed E-state index contributed by atoms with van der Waals surface area (Å²) in [6, 6.07) is 3.90. The number of nitrogens with zero attached hydrogens (tertiary/aromatic N) is 7. The van der Waals surface area contributed by atoms with Gasteiger partial charge in [-0.3, -0.25) is 0 Å². The lowest BCUT2D eigenvalue weighted by atomic mass is 10.3. The van der Waals surface area contributed by atoms with Crippen LogP contribution < -0.4 is 9.80 Å². The maximum absolute atomic E-state index is 4.61. The summed E-state index contributed by atoms with van der Waals surface area (Å²) in [7, 11) is 0. The molecule has 1 aliphatic rings. The Morgan fingerprint density at radius 3 is 2.42 bits per heavy atom. The standard InChI is InChI=1S/C16H19N7S/c1-12-11-17-16(24-12)22-8-6-21(7-9-22)14-10-15(20-13(2)19-14)23-5-3-4-18-23/h3-5,10-11H,6-9H2,1-2H3. The number of rotatable bonds is 3. The van der Waals surface area contributed by atoms with E-state index in [-0.39, 0.29) is 0 Å². The molecule has 4 rings (SSSR count). The second-order valence-electron chi connectivity index (χ2n) is 5.81. The summed E-state index contributed by atoms with van der Waals surface area (Å²) >= 11 is 1.75. The molecule has 0 saturated carbocycles. The molecular weight excluding hydrogens is 322 g/mol. The molecule has 1 saturated heterocycles. The average molecular weight is 341 g/mol. The molecule has 8 heteroatoms. The van der Waals surface area contributed by atoms with Gasteiger partial charge < -0.3 is 9.80 Å². The zero-order valence-corrected chi connectivity index (χ0v) is 14.6. The molecular formula is C16H19N7S. The first-order valence-electron chi connectivity index (χ1n) is 7.97. The molecule has 4 heterocycles. The highest BCUT2D eigenvalue weighted by Crippen LogP contribution is 2.24. The summed E-state index contributed by atoms with van der Waals surface area (Å²) < 4.78 is 1.77. The van der Waals surface area contributed by atoms with E-state index >= 15 is 0 Å². The maximum atomic E-state index is 4.61. The summed E-state index contributed by atoms with van der Waals surface area (Å²) in [5, 5.41) is 5.37. The molecule has 0 radical (unpaired) electrons. The highest BCUT2D eigenvalue weighted by molar-refractivity contribution is 7.15. The van der Waals surface area contributed by atoms with Gasteiger partial charge in [-0.2, -0.15) is 5.10 Å². The van der Waals surface area contributed by atoms with Crippen LogP contribution in [0.3, 0.4) is 0 Å². The quantitative estimate of drug-likeness (QED) is 0.727. The van der Waals surface area contributed by atoms with E-state index in [0.717, 1.165) is 48.8 Å². The van der Waals surface area contributed by atoms with Crippen molar-refractivity contribution in [1.82, 2.24) is 24.7 Å². The van der Waals surface area contributed by atoms with Crippen molar-refractivity contribution in [1.29, 1.82) is 0 Å². The Labute approximate surface area is 144 Å². The van der Waals surface area contributed by atoms with E-state index in [2.05, 4.69) is 36.8 Å². The van der Waals surface area contributed by atoms with Crippen LogP contribution >= 0.6 is 11.3 Å². The van der Waals surface area contributed by atoms with Gasteiger partial charge in [0.25, 0.3) is 0 Å². The van der Waals surface area contributed by atoms with Crippen molar-refractivity contribution in [3.63, 3.8) is 0 Å². The van der Waals surface area contributed by atoms with Crippen LogP contribution in [0.2, 0.25) is 0 Å². The number of thiazole rings is 1. The summed E-state index contributed by atoms with van der Waals surface area (Å²) in [6.07, 6.45) is 5.59. The fraction of sp³-hybridized carbons (Fsp3) is 0.375. The minimum atomic E-state index is 0.760. The maximum Gasteiger partial charge on any atom is 0.185 e. The van der Waals surface area contributed by atoms with Gasteiger partial charge in [-0.25, -0.2) is 19.6 Å². The van der Waals surface area contributed by atoms with Gasteiger partial charge in [0.15, 0.2) is 10.9 Å². The molecule has 0 unspecified atom stereocenters. The summed E-state index contributed by atoms with van der Waals surface area (Å²) in [5.74, 6) is 2.53. The van der Waals surface area contributed by atoms with E-state index < -0.39 is 0 Å². The van der Waals surface area contributed by atoms with Crippen molar-refractivity contribution in [2.45, 2.75) is 13.8 Å². The fourth-order valence-electron chi connectivity index (χ4n) is 2.84. The van der Waals surface area contributed by atoms with Gasteiger partial charge in [0.05, 0.1) is 0 Å². The predicted molar refractivity (Wildman–Crippen MR) is 95.2 cm³/mol. The van der Waals surface area contributed by atoms with E-state index in [1.165, 1.54) is 4.88 Å². The van der Waals surface area contributed by atoms with Gasteiger partial charge in [-0.1, -0.05) is 0 Å². The van der Waals surface area contributed by atoms with E-state index in [4.69, 9.17) is 0 Å². The lowest BCUT2D eigenvalue weighted by Gasteiger charge is -2.35. The summed E-state index contributed by atoms with van der Waals surface area (Å²) in [5.41, 5.74) is 0. The van der Waals surface area contributed by atoms with Crippen molar-refractivity contribution in [3.05, 3.63) is 41.4 Å². The van der Waals surface area contributed by atoms with Crippen LogP contribution in [0, 0.1) is 13.8 Å². The van der Waals surface area contributed by atoms with Gasteiger partial charge in [0.1, 0.15) is 11.6 Å². The van der Waals surface area contributed by atoms with Crippen molar-refractivity contribution < 1.29 is 0 Å². The monoisotopic (exact) mass is 341 g/mol. The van der Waals surface area contributed by atoms with Gasteiger partial charge in [0, 0.05) is 55.7 Å². The number of piperazine rings is 1. The van der Waals surface area contributed by atoms with Crippen molar-refractivity contribution in [2.75, 3.05) is 36.0 Å². The molecule has 124 valence electrons. The zero-order chi connectivity index (χ0) is 16.5. The van der Waals surface area contributed by atoms with Crippen molar-refractivity contribution >= 4 is 22.3 Å². The fourth-order valence-corrected chi connectivity index (χ4v) is 3.65. The van der Waals surface area contributed by atoms with Gasteiger partial charge >= 0.3 is 0 Å². The van der Waals surface area contributed by atoms with Crippen LogP contribution in [-0.4, -0.2) is 50.9 Å². The molecule has 24 heavy (non-hydrogen) atoms. The summed E-state index contributed by atoms with van der Waals surface area (Å²) in [4.78, 5) is 19.5. The predicted octanol–water partition coefficient (Wildman–Crippen LogP) is 2.06. The van der Waals surface area contributed by atoms with Crippen LogP contribution in [0.1, 0.15) is 10.7 Å². The highest BCUT2D eigenvalue weighted by atomic mass is 32.1. The lowest BCUT2D eigenvalue weighted by Crippen LogP contribution is -2.46. The first-order chi connectivity index (χ1) is 11.7. The van der Waals surface area contributed by atoms with E-state index in [0.29, 0.717) is 0 Å².